The van der Waals surface area contributed by atoms with Gasteiger partial charge in [-0.1, -0.05) is 0 Å². The molecule has 2 nitrogen and oxygen atoms in total. The van der Waals surface area contributed by atoms with Crippen LogP contribution in [0.2, 0.25) is 0 Å². The van der Waals surface area contributed by atoms with Crippen molar-refractivity contribution in [3.05, 3.63) is 0 Å². The Hall–Kier alpha value is 2.53. The molecular weight excluding hydrogens is 552 g/mol. The van der Waals surface area contributed by atoms with Crippen LogP contribution in [0.15, 0.2) is 0 Å². The summed E-state index contributed by atoms with van der Waals surface area (Å²) in [5, 5.41) is 8.23. The average molecular weight is 556 g/mol. The number of hydrogen-bond acceptors (Lipinski definition) is 1. The van der Waals surface area contributed by atoms with Gasteiger partial charge in [-0.2, -0.15) is 0 Å². The van der Waals surface area contributed by atoms with Crippen LogP contribution in [0.1, 0.15) is 0 Å². The average Bonchev–Trinajstić information content (AvgIpc) is 1.31. The first-order valence-corrected chi connectivity index (χ1v) is 4.48. The maximum absolute atomic E-state index is 10.00. The van der Waals surface area contributed by atoms with Gasteiger partial charge in [-0.15, -0.1) is 0 Å². The Morgan fingerprint density at radius 3 is 1.50 bits per heavy atom. The predicted molar refractivity (Wildman–Crippen MR) is 62.4 cm³/mol. The van der Waals surface area contributed by atoms with E-state index in [1.165, 1.54) is 0 Å². The molecule has 0 spiro atoms. The van der Waals surface area contributed by atoms with Gasteiger partial charge < -0.3 is 5.11 Å². The molecule has 0 aliphatic heterocycles. The summed E-state index contributed by atoms with van der Waals surface area (Å²) in [5.74, 6) is -0.797. The summed E-state index contributed by atoms with van der Waals surface area (Å²) in [7, 11) is 0. The second-order valence-electron chi connectivity index (χ2n) is 0.803. The van der Waals surface area contributed by atoms with Crippen LogP contribution in [-0.4, -0.2) is 36.4 Å². The number of aliphatic carboxylic acids is 1. The van der Waals surface area contributed by atoms with E-state index >= 15 is 0 Å². The van der Waals surface area contributed by atoms with Crippen molar-refractivity contribution in [1.82, 2.24) is 0 Å². The minimum absolute atomic E-state index is 0. The monoisotopic (exact) mass is 556 g/mol. The topological polar surface area (TPSA) is 37.3 Å². The van der Waals surface area contributed by atoms with Crippen molar-refractivity contribution < 1.29 is 9.90 Å². The number of carboxylic acid groups (broad SMARTS) is 1. The molecule has 1 N–H and O–H groups in total. The van der Waals surface area contributed by atoms with Gasteiger partial charge in [-0.25, -0.2) is 4.79 Å². The Bertz CT molecular complexity index is 87.8. The van der Waals surface area contributed by atoms with Crippen LogP contribution in [0.5, 0.6) is 0 Å². The normalized spacial score (nSPS) is 9.88. The van der Waals surface area contributed by atoms with Gasteiger partial charge in [0.2, 0.25) is -0.565 Å². The molecule has 6 heteroatoms. The molecule has 0 unspecified atom stereocenters. The predicted octanol–water partition coefficient (Wildman–Crippen LogP) is 0.846. The first-order valence-electron chi connectivity index (χ1n) is 1.24. The second kappa shape index (κ2) is 5.22. The van der Waals surface area contributed by atoms with Gasteiger partial charge in [0.15, 0.2) is 0 Å². The molecule has 0 radical (unpaired) electrons. The van der Waals surface area contributed by atoms with Crippen molar-refractivity contribution in [2.24, 2.45) is 0 Å². The van der Waals surface area contributed by atoms with Crippen LogP contribution < -0.4 is 0 Å². The van der Waals surface area contributed by atoms with Crippen molar-refractivity contribution in [3.8, 4) is 0 Å². The standard InChI is InChI=1S/C2HI3O2.In.3H/c3-2(4,5)1(6)7;;;;/h(H,6,7);;;;. The van der Waals surface area contributed by atoms with Gasteiger partial charge in [0.1, 0.15) is 0 Å². The maximum atomic E-state index is 10.00. The molecule has 0 aliphatic rings. The third kappa shape index (κ3) is 6.65. The fourth-order valence-corrected chi connectivity index (χ4v) is 0. The van der Waals surface area contributed by atoms with Crippen LogP contribution >= 0.6 is 67.8 Å². The molecule has 0 atom stereocenters. The quantitative estimate of drug-likeness (QED) is 0.385. The zero-order valence-electron chi connectivity index (χ0n) is 2.99. The van der Waals surface area contributed by atoms with Crippen molar-refractivity contribution in [1.29, 1.82) is 0 Å². The molecule has 0 aromatic carbocycles. The third-order valence-electron chi connectivity index (χ3n) is 0.243. The fourth-order valence-electron chi connectivity index (χ4n) is 0. The molecule has 0 aromatic rings. The Kier molecular flexibility index (Phi) is 8.57. The fraction of sp³-hybridized carbons (Fsp3) is 0.500. The van der Waals surface area contributed by atoms with E-state index in [1.54, 1.807) is 0 Å². The molecule has 0 heterocycles. The van der Waals surface area contributed by atoms with E-state index < -0.39 is 5.40 Å². The first kappa shape index (κ1) is 13.1. The number of halogens is 3. The number of hydrogen-bond donors (Lipinski definition) is 1. The molecule has 0 fully saturated rings. The molecule has 0 aliphatic carbocycles. The Morgan fingerprint density at radius 2 is 1.50 bits per heavy atom. The van der Waals surface area contributed by atoms with Gasteiger partial charge in [0.05, 0.1) is 0 Å². The van der Waals surface area contributed by atoms with E-state index in [9.17, 15) is 4.79 Å². The molecule has 0 saturated carbocycles. The zero-order chi connectivity index (χ0) is 6.08. The number of alkyl halides is 3. The van der Waals surface area contributed by atoms with Gasteiger partial charge in [-0.3, -0.25) is 0 Å². The molecule has 8 heavy (non-hydrogen) atoms. The van der Waals surface area contributed by atoms with Gasteiger partial charge in [0.25, 0.3) is 0 Å². The third-order valence-corrected chi connectivity index (χ3v) is 1.63. The van der Waals surface area contributed by atoms with E-state index in [2.05, 4.69) is 0 Å². The minimum atomic E-state index is -0.797. The molecule has 0 rings (SSSR count). The number of rotatable bonds is 1. The van der Waals surface area contributed by atoms with Gasteiger partial charge in [0, 0.05) is 0 Å². The van der Waals surface area contributed by atoms with Gasteiger partial charge in [-0.05, 0) is 67.8 Å². The Balaban J connectivity index is 0. The first-order chi connectivity index (χ1) is 2.94. The van der Waals surface area contributed by atoms with Crippen molar-refractivity contribution in [2.45, 2.75) is -0.565 Å². The Labute approximate surface area is 107 Å². The second-order valence-corrected chi connectivity index (χ2v) is 11.8. The van der Waals surface area contributed by atoms with E-state index in [4.69, 9.17) is 5.11 Å². The van der Waals surface area contributed by atoms with E-state index in [0.717, 1.165) is 0 Å². The summed E-state index contributed by atoms with van der Waals surface area (Å²) in [6.07, 6.45) is 0. The summed E-state index contributed by atoms with van der Waals surface area (Å²) < 4.78 is -0.673. The number of carbonyl (C=O) groups is 1. The Morgan fingerprint density at radius 1 is 1.38 bits per heavy atom. The van der Waals surface area contributed by atoms with Crippen LogP contribution in [0, 0.1) is 0 Å². The zero-order valence-corrected chi connectivity index (χ0v) is 9.46. The molecule has 0 bridgehead atoms. The molecular formula is C2H4I3InO2. The summed E-state index contributed by atoms with van der Waals surface area (Å²) in [6, 6.07) is 0. The van der Waals surface area contributed by atoms with E-state index in [1.807, 2.05) is 67.8 Å². The molecule has 48 valence electrons. The molecule has 0 saturated heterocycles. The summed E-state index contributed by atoms with van der Waals surface area (Å²) in [6.45, 7) is 0. The van der Waals surface area contributed by atoms with Crippen LogP contribution in [-0.2, 0) is 4.79 Å². The van der Waals surface area contributed by atoms with E-state index in [0.29, 0.717) is 0 Å². The SMILES string of the molecule is O=C(O)C(I)(I)I.[InH3]. The van der Waals surface area contributed by atoms with Gasteiger partial charge >= 0.3 is 31.8 Å². The van der Waals surface area contributed by atoms with E-state index in [-0.39, 0.29) is 25.8 Å². The van der Waals surface area contributed by atoms with Crippen molar-refractivity contribution in [2.75, 3.05) is 0 Å². The summed E-state index contributed by atoms with van der Waals surface area (Å²) in [5.41, 5.74) is 0. The van der Waals surface area contributed by atoms with Crippen LogP contribution in [0.3, 0.4) is 0 Å². The summed E-state index contributed by atoms with van der Waals surface area (Å²) in [4.78, 5) is 10.00. The number of carboxylic acids is 1. The van der Waals surface area contributed by atoms with Crippen molar-refractivity contribution in [3.63, 3.8) is 0 Å². The van der Waals surface area contributed by atoms with Crippen LogP contribution in [0.4, 0.5) is 0 Å². The molecule has 0 aromatic heterocycles. The van der Waals surface area contributed by atoms with Crippen LogP contribution in [0.25, 0.3) is 0 Å². The molecule has 0 amide bonds. The summed E-state index contributed by atoms with van der Waals surface area (Å²) >= 11 is 5.52. The van der Waals surface area contributed by atoms with Crippen molar-refractivity contribution >= 4 is 99.6 Å².